The van der Waals surface area contributed by atoms with Gasteiger partial charge in [0.1, 0.15) is 4.21 Å². The van der Waals surface area contributed by atoms with Crippen molar-refractivity contribution in [2.75, 3.05) is 33.4 Å². The van der Waals surface area contributed by atoms with Crippen molar-refractivity contribution < 1.29 is 22.4 Å². The summed E-state index contributed by atoms with van der Waals surface area (Å²) in [6.45, 7) is 1.83. The zero-order valence-electron chi connectivity index (χ0n) is 14.3. The second-order valence-corrected chi connectivity index (χ2v) is 8.72. The number of likely N-dealkylation sites (tertiary alicyclic amines) is 1. The van der Waals surface area contributed by atoms with Crippen LogP contribution in [0.5, 0.6) is 0 Å². The maximum absolute atomic E-state index is 12.4. The van der Waals surface area contributed by atoms with Crippen LogP contribution < -0.4 is 4.72 Å². The molecule has 1 aliphatic rings. The van der Waals surface area contributed by atoms with Crippen molar-refractivity contribution in [1.29, 1.82) is 0 Å². The molecule has 0 aliphatic carbocycles. The molecule has 0 saturated carbocycles. The molecule has 0 aromatic carbocycles. The van der Waals surface area contributed by atoms with E-state index in [-0.39, 0.29) is 35.0 Å². The quantitative estimate of drug-likeness (QED) is 0.698. The molecule has 3 rings (SSSR count). The number of carbonyl (C=O) groups excluding carboxylic acids is 1. The first-order valence-corrected chi connectivity index (χ1v) is 10.6. The zero-order chi connectivity index (χ0) is 18.6. The number of nitrogens with zero attached hydrogens (tertiary/aromatic N) is 3. The SMILES string of the molecule is COCCNS(=O)(=O)c1cc(-c2nnc(C(=O)N3CCCCC3)o2)cs1. The van der Waals surface area contributed by atoms with Crippen LogP contribution in [0.15, 0.2) is 20.1 Å². The Hall–Kier alpha value is -1.82. The highest BCUT2D eigenvalue weighted by Crippen LogP contribution is 2.28. The maximum atomic E-state index is 12.4. The summed E-state index contributed by atoms with van der Waals surface area (Å²) >= 11 is 1.04. The van der Waals surface area contributed by atoms with E-state index in [1.807, 2.05) is 0 Å². The number of piperidine rings is 1. The van der Waals surface area contributed by atoms with Gasteiger partial charge < -0.3 is 14.1 Å². The van der Waals surface area contributed by atoms with Gasteiger partial charge in [0.25, 0.3) is 0 Å². The Bertz CT molecular complexity index is 855. The number of methoxy groups -OCH3 is 1. The molecule has 11 heteroatoms. The molecule has 1 aliphatic heterocycles. The average Bonchev–Trinajstić information content (AvgIpc) is 3.31. The lowest BCUT2D eigenvalue weighted by molar-refractivity contribution is 0.0684. The van der Waals surface area contributed by atoms with Crippen molar-refractivity contribution in [2.45, 2.75) is 23.5 Å². The zero-order valence-corrected chi connectivity index (χ0v) is 15.9. The van der Waals surface area contributed by atoms with E-state index >= 15 is 0 Å². The Morgan fingerprint density at radius 1 is 1.35 bits per heavy atom. The van der Waals surface area contributed by atoms with Gasteiger partial charge in [0, 0.05) is 32.1 Å². The van der Waals surface area contributed by atoms with E-state index in [9.17, 15) is 13.2 Å². The second-order valence-electron chi connectivity index (χ2n) is 5.81. The van der Waals surface area contributed by atoms with Crippen molar-refractivity contribution in [3.05, 3.63) is 17.3 Å². The first-order chi connectivity index (χ1) is 12.5. The van der Waals surface area contributed by atoms with Gasteiger partial charge in [0.05, 0.1) is 12.2 Å². The molecule has 142 valence electrons. The van der Waals surface area contributed by atoms with Gasteiger partial charge in [0.2, 0.25) is 15.9 Å². The van der Waals surface area contributed by atoms with E-state index in [0.29, 0.717) is 18.7 Å². The Kier molecular flexibility index (Phi) is 6.01. The molecule has 0 radical (unpaired) electrons. The molecule has 0 atom stereocenters. The molecule has 0 unspecified atom stereocenters. The lowest BCUT2D eigenvalue weighted by Gasteiger charge is -2.24. The summed E-state index contributed by atoms with van der Waals surface area (Å²) in [6.07, 6.45) is 3.05. The fourth-order valence-electron chi connectivity index (χ4n) is 2.58. The van der Waals surface area contributed by atoms with Crippen molar-refractivity contribution in [1.82, 2.24) is 19.8 Å². The fraction of sp³-hybridized carbons (Fsp3) is 0.533. The van der Waals surface area contributed by atoms with Crippen LogP contribution in [0.2, 0.25) is 0 Å². The minimum Gasteiger partial charge on any atom is -0.412 e. The monoisotopic (exact) mass is 400 g/mol. The third-order valence-corrected chi connectivity index (χ3v) is 6.84. The van der Waals surface area contributed by atoms with Gasteiger partial charge in [-0.15, -0.1) is 21.5 Å². The summed E-state index contributed by atoms with van der Waals surface area (Å²) in [4.78, 5) is 14.1. The Labute approximate surface area is 155 Å². The van der Waals surface area contributed by atoms with Gasteiger partial charge in [-0.1, -0.05) is 0 Å². The van der Waals surface area contributed by atoms with E-state index in [2.05, 4.69) is 14.9 Å². The van der Waals surface area contributed by atoms with Crippen LogP contribution in [0, 0.1) is 0 Å². The highest BCUT2D eigenvalue weighted by Gasteiger charge is 2.25. The molecule has 9 nitrogen and oxygen atoms in total. The molecule has 1 N–H and O–H groups in total. The van der Waals surface area contributed by atoms with Gasteiger partial charge in [-0.2, -0.15) is 0 Å². The third kappa shape index (κ3) is 4.29. The average molecular weight is 400 g/mol. The van der Waals surface area contributed by atoms with E-state index in [1.165, 1.54) is 13.2 Å². The predicted octanol–water partition coefficient (Wildman–Crippen LogP) is 1.35. The number of ether oxygens (including phenoxy) is 1. The van der Waals surface area contributed by atoms with Crippen LogP contribution in [0.1, 0.15) is 29.9 Å². The standard InChI is InChI=1S/C15H20N4O5S2/c1-23-8-5-16-26(21,22)12-9-11(10-25-12)13-17-18-14(24-13)15(20)19-6-3-2-4-7-19/h9-10,16H,2-8H2,1H3. The van der Waals surface area contributed by atoms with Gasteiger partial charge in [-0.05, 0) is 25.3 Å². The van der Waals surface area contributed by atoms with E-state index in [1.54, 1.807) is 10.3 Å². The summed E-state index contributed by atoms with van der Waals surface area (Å²) in [5, 5.41) is 9.30. The van der Waals surface area contributed by atoms with Crippen LogP contribution in [0.4, 0.5) is 0 Å². The van der Waals surface area contributed by atoms with Crippen LogP contribution in [-0.2, 0) is 14.8 Å². The molecule has 1 fully saturated rings. The Morgan fingerprint density at radius 2 is 2.12 bits per heavy atom. The molecule has 0 spiro atoms. The number of hydrogen-bond donors (Lipinski definition) is 1. The minimum atomic E-state index is -3.62. The van der Waals surface area contributed by atoms with Crippen molar-refractivity contribution in [2.24, 2.45) is 0 Å². The molecule has 3 heterocycles. The van der Waals surface area contributed by atoms with E-state index in [0.717, 1.165) is 30.6 Å². The Balaban J connectivity index is 1.72. The highest BCUT2D eigenvalue weighted by atomic mass is 32.2. The largest absolute Gasteiger partial charge is 0.412 e. The summed E-state index contributed by atoms with van der Waals surface area (Å²) in [5.74, 6) is -0.233. The normalized spacial score (nSPS) is 15.3. The summed E-state index contributed by atoms with van der Waals surface area (Å²) < 4.78 is 37.2. The van der Waals surface area contributed by atoms with Crippen molar-refractivity contribution in [3.8, 4) is 11.5 Å². The maximum Gasteiger partial charge on any atom is 0.311 e. The van der Waals surface area contributed by atoms with Gasteiger partial charge in [-0.3, -0.25) is 4.79 Å². The van der Waals surface area contributed by atoms with Gasteiger partial charge >= 0.3 is 11.8 Å². The van der Waals surface area contributed by atoms with Crippen LogP contribution in [-0.4, -0.2) is 62.8 Å². The first-order valence-electron chi connectivity index (χ1n) is 8.21. The van der Waals surface area contributed by atoms with Gasteiger partial charge in [-0.25, -0.2) is 13.1 Å². The topological polar surface area (TPSA) is 115 Å². The van der Waals surface area contributed by atoms with Crippen molar-refractivity contribution in [3.63, 3.8) is 0 Å². The molecule has 2 aromatic rings. The number of nitrogens with one attached hydrogen (secondary N) is 1. The second kappa shape index (κ2) is 8.25. The Morgan fingerprint density at radius 3 is 2.85 bits per heavy atom. The third-order valence-electron chi connectivity index (χ3n) is 3.94. The predicted molar refractivity (Wildman–Crippen MR) is 94.4 cm³/mol. The minimum absolute atomic E-state index is 0.0734. The lowest BCUT2D eigenvalue weighted by atomic mass is 10.1. The molecule has 1 amide bonds. The van der Waals surface area contributed by atoms with E-state index < -0.39 is 10.0 Å². The lowest BCUT2D eigenvalue weighted by Crippen LogP contribution is -2.35. The molecule has 26 heavy (non-hydrogen) atoms. The smallest absolute Gasteiger partial charge is 0.311 e. The number of rotatable bonds is 7. The molecular formula is C15H20N4O5S2. The number of hydrogen-bond acceptors (Lipinski definition) is 8. The summed E-state index contributed by atoms with van der Waals surface area (Å²) in [7, 11) is -2.13. The summed E-state index contributed by atoms with van der Waals surface area (Å²) in [6, 6.07) is 1.45. The summed E-state index contributed by atoms with van der Waals surface area (Å²) in [5.41, 5.74) is 0.465. The first kappa shape index (κ1) is 19.0. The number of aromatic nitrogens is 2. The highest BCUT2D eigenvalue weighted by molar-refractivity contribution is 7.91. The number of sulfonamides is 1. The molecule has 0 bridgehead atoms. The number of carbonyl (C=O) groups is 1. The van der Waals surface area contributed by atoms with Crippen LogP contribution in [0.25, 0.3) is 11.5 Å². The number of amides is 1. The van der Waals surface area contributed by atoms with Crippen LogP contribution >= 0.6 is 11.3 Å². The molecular weight excluding hydrogens is 380 g/mol. The van der Waals surface area contributed by atoms with Crippen molar-refractivity contribution >= 4 is 27.3 Å². The van der Waals surface area contributed by atoms with E-state index in [4.69, 9.17) is 9.15 Å². The molecule has 1 saturated heterocycles. The van der Waals surface area contributed by atoms with Gasteiger partial charge in [0.15, 0.2) is 0 Å². The number of thiophene rings is 1. The fourth-order valence-corrected chi connectivity index (χ4v) is 4.79. The molecule has 2 aromatic heterocycles. The van der Waals surface area contributed by atoms with Crippen LogP contribution in [0.3, 0.4) is 0 Å².